The van der Waals surface area contributed by atoms with Crippen LogP contribution in [-0.2, 0) is 17.9 Å². The van der Waals surface area contributed by atoms with Crippen LogP contribution in [0.3, 0.4) is 0 Å². The summed E-state index contributed by atoms with van der Waals surface area (Å²) in [5.74, 6) is 0.327. The lowest BCUT2D eigenvalue weighted by atomic mass is 10.1. The van der Waals surface area contributed by atoms with E-state index in [1.807, 2.05) is 24.3 Å². The maximum Gasteiger partial charge on any atom is 0.322 e. The summed E-state index contributed by atoms with van der Waals surface area (Å²) in [5, 5.41) is 0. The van der Waals surface area contributed by atoms with Gasteiger partial charge < -0.3 is 19.7 Å². The van der Waals surface area contributed by atoms with Crippen molar-refractivity contribution in [3.63, 3.8) is 0 Å². The number of amides is 3. The van der Waals surface area contributed by atoms with Crippen molar-refractivity contribution in [1.29, 1.82) is 0 Å². The van der Waals surface area contributed by atoms with Crippen molar-refractivity contribution in [2.45, 2.75) is 19.1 Å². The lowest BCUT2D eigenvalue weighted by molar-refractivity contribution is -0.119. The maximum absolute atomic E-state index is 13.5. The van der Waals surface area contributed by atoms with Crippen LogP contribution in [0.2, 0.25) is 0 Å². The molecule has 5 rings (SSSR count). The molecule has 31 heavy (non-hydrogen) atoms. The molecule has 2 aliphatic heterocycles. The van der Waals surface area contributed by atoms with Crippen LogP contribution < -0.4 is 0 Å². The monoisotopic (exact) mass is 483 g/mol. The third-order valence-corrected chi connectivity index (χ3v) is 6.28. The Kier molecular flexibility index (Phi) is 4.97. The Balaban J connectivity index is 1.32. The van der Waals surface area contributed by atoms with Crippen LogP contribution in [0.1, 0.15) is 23.0 Å². The quantitative estimate of drug-likeness (QED) is 0.574. The fraction of sp³-hybridized carbons (Fsp3) is 0.227. The van der Waals surface area contributed by atoms with E-state index in [-0.39, 0.29) is 24.6 Å². The Morgan fingerprint density at radius 3 is 2.68 bits per heavy atom. The number of fused-ring (bicyclic) bond motifs is 1. The summed E-state index contributed by atoms with van der Waals surface area (Å²) in [6.45, 7) is 1.32. The second kappa shape index (κ2) is 7.81. The molecule has 3 aromatic rings. The van der Waals surface area contributed by atoms with Crippen molar-refractivity contribution >= 4 is 28.4 Å². The van der Waals surface area contributed by atoms with Crippen molar-refractivity contribution < 1.29 is 14.0 Å². The third-order valence-electron chi connectivity index (χ3n) is 5.75. The number of rotatable bonds is 3. The summed E-state index contributed by atoms with van der Waals surface area (Å²) in [7, 11) is 0. The van der Waals surface area contributed by atoms with Crippen LogP contribution in [0.5, 0.6) is 0 Å². The van der Waals surface area contributed by atoms with Gasteiger partial charge in [-0.2, -0.15) is 0 Å². The molecule has 3 amide bonds. The number of benzene rings is 2. The van der Waals surface area contributed by atoms with Crippen molar-refractivity contribution in [3.8, 4) is 11.3 Å². The lowest BCUT2D eigenvalue weighted by Crippen LogP contribution is -2.40. The number of imidazole rings is 1. The number of carbonyl (C=O) groups excluding carboxylic acids is 2. The number of aromatic nitrogens is 2. The average molecular weight is 484 g/mol. The molecule has 0 aliphatic carbocycles. The molecule has 2 aliphatic rings. The van der Waals surface area contributed by atoms with Gasteiger partial charge >= 0.3 is 6.03 Å². The standard InChI is InChI=1S/C22H19BrFN5O2/c23-17-4-1-14(2-5-17)19-8-25-21(26-19)20-11-28(12-29(20)13-30)22(31)27-9-15-3-6-18(24)7-16(15)10-27/h1-8,13,20H,9-12H2,(H,25,26). The Morgan fingerprint density at radius 1 is 1.13 bits per heavy atom. The molecule has 2 aromatic carbocycles. The van der Waals surface area contributed by atoms with Crippen molar-refractivity contribution in [3.05, 3.63) is 75.9 Å². The van der Waals surface area contributed by atoms with Gasteiger partial charge in [-0.05, 0) is 35.4 Å². The van der Waals surface area contributed by atoms with Gasteiger partial charge in [-0.3, -0.25) is 4.79 Å². The van der Waals surface area contributed by atoms with Gasteiger partial charge in [-0.25, -0.2) is 14.2 Å². The smallest absolute Gasteiger partial charge is 0.322 e. The molecule has 7 nitrogen and oxygen atoms in total. The molecule has 0 saturated carbocycles. The number of H-pyrrole nitrogens is 1. The number of nitrogens with one attached hydrogen (secondary N) is 1. The van der Waals surface area contributed by atoms with E-state index >= 15 is 0 Å². The number of urea groups is 1. The minimum absolute atomic E-state index is 0.175. The highest BCUT2D eigenvalue weighted by molar-refractivity contribution is 9.10. The van der Waals surface area contributed by atoms with Crippen LogP contribution in [-0.4, -0.2) is 50.3 Å². The van der Waals surface area contributed by atoms with E-state index in [2.05, 4.69) is 25.9 Å². The number of hydrogen-bond acceptors (Lipinski definition) is 3. The van der Waals surface area contributed by atoms with Gasteiger partial charge in [0, 0.05) is 29.3 Å². The van der Waals surface area contributed by atoms with E-state index in [1.165, 1.54) is 12.1 Å². The minimum atomic E-state index is -0.354. The van der Waals surface area contributed by atoms with Crippen molar-refractivity contribution in [2.24, 2.45) is 0 Å². The number of nitrogens with zero attached hydrogens (tertiary/aromatic N) is 4. The first-order valence-corrected chi connectivity index (χ1v) is 10.6. The maximum atomic E-state index is 13.5. The second-order valence-electron chi connectivity index (χ2n) is 7.73. The topological polar surface area (TPSA) is 72.5 Å². The minimum Gasteiger partial charge on any atom is -0.346 e. The van der Waals surface area contributed by atoms with Gasteiger partial charge in [0.15, 0.2) is 0 Å². The van der Waals surface area contributed by atoms with E-state index in [1.54, 1.807) is 27.0 Å². The van der Waals surface area contributed by atoms with Crippen LogP contribution in [0.25, 0.3) is 11.3 Å². The fourth-order valence-electron chi connectivity index (χ4n) is 4.13. The molecule has 0 spiro atoms. The highest BCUT2D eigenvalue weighted by atomic mass is 79.9. The molecule has 1 N–H and O–H groups in total. The number of halogens is 2. The van der Waals surface area contributed by atoms with Crippen LogP contribution in [0, 0.1) is 5.82 Å². The zero-order valence-electron chi connectivity index (χ0n) is 16.5. The Hall–Kier alpha value is -3.20. The molecule has 1 unspecified atom stereocenters. The highest BCUT2D eigenvalue weighted by Crippen LogP contribution is 2.30. The Bertz CT molecular complexity index is 1150. The molecule has 0 radical (unpaired) electrons. The van der Waals surface area contributed by atoms with E-state index in [4.69, 9.17) is 0 Å². The first kappa shape index (κ1) is 19.7. The number of carbonyl (C=O) groups is 2. The van der Waals surface area contributed by atoms with Crippen LogP contribution in [0.4, 0.5) is 9.18 Å². The van der Waals surface area contributed by atoms with E-state index in [0.717, 1.165) is 33.3 Å². The van der Waals surface area contributed by atoms with Crippen molar-refractivity contribution in [1.82, 2.24) is 24.7 Å². The van der Waals surface area contributed by atoms with Crippen LogP contribution in [0.15, 0.2) is 53.1 Å². The molecular weight excluding hydrogens is 465 g/mol. The number of aromatic amines is 1. The Morgan fingerprint density at radius 2 is 1.90 bits per heavy atom. The molecule has 1 aromatic heterocycles. The summed E-state index contributed by atoms with van der Waals surface area (Å²) < 4.78 is 14.5. The number of hydrogen-bond donors (Lipinski definition) is 1. The molecule has 158 valence electrons. The van der Waals surface area contributed by atoms with Gasteiger partial charge in [-0.15, -0.1) is 0 Å². The van der Waals surface area contributed by atoms with Gasteiger partial charge in [0.05, 0.1) is 18.9 Å². The molecular formula is C22H19BrFN5O2. The van der Waals surface area contributed by atoms with Crippen molar-refractivity contribution in [2.75, 3.05) is 13.2 Å². The predicted octanol–water partition coefficient (Wildman–Crippen LogP) is 3.89. The molecule has 1 fully saturated rings. The summed E-state index contributed by atoms with van der Waals surface area (Å²) in [5.41, 5.74) is 3.50. The van der Waals surface area contributed by atoms with Gasteiger partial charge in [0.2, 0.25) is 6.41 Å². The first-order valence-electron chi connectivity index (χ1n) is 9.85. The molecule has 1 atom stereocenters. The zero-order chi connectivity index (χ0) is 21.5. The predicted molar refractivity (Wildman–Crippen MR) is 115 cm³/mol. The highest BCUT2D eigenvalue weighted by Gasteiger charge is 2.38. The second-order valence-corrected chi connectivity index (χ2v) is 8.64. The van der Waals surface area contributed by atoms with E-state index in [0.29, 0.717) is 25.5 Å². The summed E-state index contributed by atoms with van der Waals surface area (Å²) >= 11 is 3.42. The fourth-order valence-corrected chi connectivity index (χ4v) is 4.39. The van der Waals surface area contributed by atoms with E-state index in [9.17, 15) is 14.0 Å². The SMILES string of the molecule is O=CN1CN(C(=O)N2Cc3ccc(F)cc3C2)CC1c1nc(-c2ccc(Br)cc2)c[nH]1. The molecule has 9 heteroatoms. The first-order chi connectivity index (χ1) is 15.0. The van der Waals surface area contributed by atoms with Gasteiger partial charge in [-0.1, -0.05) is 34.1 Å². The summed E-state index contributed by atoms with van der Waals surface area (Å²) in [6, 6.07) is 11.9. The molecule has 0 bridgehead atoms. The van der Waals surface area contributed by atoms with Gasteiger partial charge in [0.25, 0.3) is 0 Å². The molecule has 3 heterocycles. The largest absolute Gasteiger partial charge is 0.346 e. The van der Waals surface area contributed by atoms with Crippen LogP contribution >= 0.6 is 15.9 Å². The Labute approximate surface area is 186 Å². The van der Waals surface area contributed by atoms with E-state index < -0.39 is 0 Å². The van der Waals surface area contributed by atoms with Gasteiger partial charge in [0.1, 0.15) is 17.7 Å². The zero-order valence-corrected chi connectivity index (χ0v) is 18.0. The average Bonchev–Trinajstić information content (AvgIpc) is 3.50. The normalized spacial score (nSPS) is 17.9. The molecule has 1 saturated heterocycles. The summed E-state index contributed by atoms with van der Waals surface area (Å²) in [4.78, 5) is 37.5. The third kappa shape index (κ3) is 3.69. The summed E-state index contributed by atoms with van der Waals surface area (Å²) in [6.07, 6.45) is 2.55. The lowest BCUT2D eigenvalue weighted by Gasteiger charge is -2.23.